The van der Waals surface area contributed by atoms with Crippen LogP contribution < -0.4 is 9.64 Å². The Morgan fingerprint density at radius 2 is 1.82 bits per heavy atom. The van der Waals surface area contributed by atoms with E-state index in [-0.39, 0.29) is 5.91 Å². The van der Waals surface area contributed by atoms with Gasteiger partial charge in [0.1, 0.15) is 5.75 Å². The van der Waals surface area contributed by atoms with Gasteiger partial charge in [-0.25, -0.2) is 0 Å². The fourth-order valence-electron chi connectivity index (χ4n) is 2.05. The lowest BCUT2D eigenvalue weighted by Crippen LogP contribution is -2.26. The molecule has 0 saturated carbocycles. The van der Waals surface area contributed by atoms with E-state index < -0.39 is 0 Å². The monoisotopic (exact) mass is 361 g/mol. The molecule has 0 aliphatic rings. The van der Waals surface area contributed by atoms with Crippen LogP contribution in [0.15, 0.2) is 53.0 Å². The summed E-state index contributed by atoms with van der Waals surface area (Å²) >= 11 is 3.44. The fourth-order valence-corrected chi connectivity index (χ4v) is 2.45. The Bertz CT molecular complexity index is 625. The van der Waals surface area contributed by atoms with Crippen LogP contribution in [0.2, 0.25) is 0 Å². The summed E-state index contributed by atoms with van der Waals surface area (Å²) in [5.74, 6) is 0.904. The molecule has 3 nitrogen and oxygen atoms in total. The Morgan fingerprint density at radius 1 is 1.14 bits per heavy atom. The highest BCUT2D eigenvalue weighted by atomic mass is 79.9. The molecule has 0 bridgehead atoms. The van der Waals surface area contributed by atoms with Crippen molar-refractivity contribution < 1.29 is 9.53 Å². The highest BCUT2D eigenvalue weighted by Crippen LogP contribution is 2.24. The van der Waals surface area contributed by atoms with E-state index in [0.717, 1.165) is 15.9 Å². The van der Waals surface area contributed by atoms with E-state index >= 15 is 0 Å². The van der Waals surface area contributed by atoms with Crippen molar-refractivity contribution in [2.45, 2.75) is 19.8 Å². The van der Waals surface area contributed by atoms with E-state index in [1.165, 1.54) is 5.56 Å². The molecule has 22 heavy (non-hydrogen) atoms. The summed E-state index contributed by atoms with van der Waals surface area (Å²) in [6.07, 6.45) is 1.16. The summed E-state index contributed by atoms with van der Waals surface area (Å²) in [5, 5.41) is 0. The van der Waals surface area contributed by atoms with Crippen LogP contribution in [-0.2, 0) is 4.79 Å². The van der Waals surface area contributed by atoms with Crippen molar-refractivity contribution in [2.75, 3.05) is 18.6 Å². The number of halogens is 1. The van der Waals surface area contributed by atoms with E-state index in [2.05, 4.69) is 15.9 Å². The van der Waals surface area contributed by atoms with Gasteiger partial charge in [-0.1, -0.05) is 29.8 Å². The highest BCUT2D eigenvalue weighted by Gasteiger charge is 2.10. The highest BCUT2D eigenvalue weighted by molar-refractivity contribution is 9.10. The number of ether oxygens (including phenoxy) is 1. The molecule has 2 rings (SSSR count). The lowest BCUT2D eigenvalue weighted by atomic mass is 10.2. The van der Waals surface area contributed by atoms with Crippen molar-refractivity contribution in [3.63, 3.8) is 0 Å². The lowest BCUT2D eigenvalue weighted by Gasteiger charge is -2.17. The van der Waals surface area contributed by atoms with E-state index in [0.29, 0.717) is 19.4 Å². The van der Waals surface area contributed by atoms with Crippen LogP contribution in [0.5, 0.6) is 5.75 Å². The van der Waals surface area contributed by atoms with Gasteiger partial charge < -0.3 is 9.64 Å². The van der Waals surface area contributed by atoms with Gasteiger partial charge in [-0.2, -0.15) is 0 Å². The molecule has 2 aromatic carbocycles. The molecule has 0 heterocycles. The predicted molar refractivity (Wildman–Crippen MR) is 93.5 cm³/mol. The molecule has 0 atom stereocenters. The van der Waals surface area contributed by atoms with Gasteiger partial charge in [0, 0.05) is 19.2 Å². The summed E-state index contributed by atoms with van der Waals surface area (Å²) in [6, 6.07) is 15.7. The Kier molecular flexibility index (Phi) is 6.01. The van der Waals surface area contributed by atoms with Crippen LogP contribution in [0.3, 0.4) is 0 Å². The first kappa shape index (κ1) is 16.6. The molecule has 0 saturated heterocycles. The van der Waals surface area contributed by atoms with Gasteiger partial charge in [0.2, 0.25) is 5.91 Å². The normalized spacial score (nSPS) is 10.3. The molecule has 4 heteroatoms. The summed E-state index contributed by atoms with van der Waals surface area (Å²) in [4.78, 5) is 13.9. The molecule has 0 aromatic heterocycles. The van der Waals surface area contributed by atoms with Gasteiger partial charge in [0.05, 0.1) is 11.1 Å². The number of anilines is 1. The Morgan fingerprint density at radius 3 is 2.50 bits per heavy atom. The first-order chi connectivity index (χ1) is 10.6. The van der Waals surface area contributed by atoms with Crippen molar-refractivity contribution in [2.24, 2.45) is 0 Å². The topological polar surface area (TPSA) is 29.5 Å². The van der Waals surface area contributed by atoms with E-state index in [1.807, 2.05) is 62.5 Å². The number of nitrogens with zero attached hydrogens (tertiary/aromatic N) is 1. The number of rotatable bonds is 6. The molecule has 0 fully saturated rings. The first-order valence-electron chi connectivity index (χ1n) is 7.28. The maximum Gasteiger partial charge on any atom is 0.226 e. The number of hydrogen-bond donors (Lipinski definition) is 0. The van der Waals surface area contributed by atoms with E-state index in [4.69, 9.17) is 4.74 Å². The second kappa shape index (κ2) is 7.99. The molecule has 0 radical (unpaired) electrons. The molecule has 116 valence electrons. The summed E-state index contributed by atoms with van der Waals surface area (Å²) in [6.45, 7) is 2.56. The first-order valence-corrected chi connectivity index (χ1v) is 8.08. The number of para-hydroxylation sites is 1. The smallest absolute Gasteiger partial charge is 0.226 e. The second-order valence-electron chi connectivity index (χ2n) is 5.17. The second-order valence-corrected chi connectivity index (χ2v) is 6.03. The average Bonchev–Trinajstić information content (AvgIpc) is 2.53. The minimum absolute atomic E-state index is 0.0968. The predicted octanol–water partition coefficient (Wildman–Crippen LogP) is 4.58. The van der Waals surface area contributed by atoms with Crippen LogP contribution >= 0.6 is 15.9 Å². The molecule has 0 aliphatic heterocycles. The van der Waals surface area contributed by atoms with Crippen molar-refractivity contribution in [1.82, 2.24) is 0 Å². The van der Waals surface area contributed by atoms with Crippen LogP contribution in [0, 0.1) is 6.92 Å². The molecule has 0 N–H and O–H groups in total. The minimum Gasteiger partial charge on any atom is -0.492 e. The zero-order valence-corrected chi connectivity index (χ0v) is 14.5. The zero-order chi connectivity index (χ0) is 15.9. The van der Waals surface area contributed by atoms with Gasteiger partial charge in [-0.05, 0) is 53.5 Å². The lowest BCUT2D eigenvalue weighted by molar-refractivity contribution is -0.118. The minimum atomic E-state index is 0.0968. The van der Waals surface area contributed by atoms with Gasteiger partial charge in [0.25, 0.3) is 0 Å². The molecular formula is C18H20BrNO2. The summed E-state index contributed by atoms with van der Waals surface area (Å²) in [5.41, 5.74) is 2.11. The van der Waals surface area contributed by atoms with Gasteiger partial charge in [0.15, 0.2) is 0 Å². The number of aryl methyl sites for hydroxylation is 1. The van der Waals surface area contributed by atoms with Crippen molar-refractivity contribution in [1.29, 1.82) is 0 Å². The third kappa shape index (κ3) is 4.60. The Labute approximate surface area is 140 Å². The third-order valence-corrected chi connectivity index (χ3v) is 4.08. The number of benzene rings is 2. The zero-order valence-electron chi connectivity index (χ0n) is 12.9. The van der Waals surface area contributed by atoms with E-state index in [1.54, 1.807) is 4.90 Å². The van der Waals surface area contributed by atoms with Crippen LogP contribution in [0.25, 0.3) is 0 Å². The summed E-state index contributed by atoms with van der Waals surface area (Å²) < 4.78 is 6.60. The van der Waals surface area contributed by atoms with Crippen molar-refractivity contribution in [3.8, 4) is 5.75 Å². The largest absolute Gasteiger partial charge is 0.492 e. The van der Waals surface area contributed by atoms with Crippen molar-refractivity contribution >= 4 is 27.5 Å². The van der Waals surface area contributed by atoms with Crippen LogP contribution in [-0.4, -0.2) is 19.6 Å². The van der Waals surface area contributed by atoms with E-state index in [9.17, 15) is 4.79 Å². The van der Waals surface area contributed by atoms with Gasteiger partial charge in [-0.15, -0.1) is 0 Å². The molecule has 0 aliphatic carbocycles. The third-order valence-electron chi connectivity index (χ3n) is 3.42. The molecular weight excluding hydrogens is 342 g/mol. The Hall–Kier alpha value is -1.81. The number of amides is 1. The van der Waals surface area contributed by atoms with Gasteiger partial charge >= 0.3 is 0 Å². The Balaban J connectivity index is 1.78. The molecule has 1 amide bonds. The van der Waals surface area contributed by atoms with Gasteiger partial charge in [-0.3, -0.25) is 4.79 Å². The standard InChI is InChI=1S/C18H20BrNO2/c1-14-9-11-15(12-10-14)20(2)18(21)8-5-13-22-17-7-4-3-6-16(17)19/h3-4,6-7,9-12H,5,8,13H2,1-2H3. The van der Waals surface area contributed by atoms with Crippen LogP contribution in [0.1, 0.15) is 18.4 Å². The SMILES string of the molecule is Cc1ccc(N(C)C(=O)CCCOc2ccccc2Br)cc1. The number of carbonyl (C=O) groups excluding carboxylic acids is 1. The van der Waals surface area contributed by atoms with Crippen LogP contribution in [0.4, 0.5) is 5.69 Å². The summed E-state index contributed by atoms with van der Waals surface area (Å²) in [7, 11) is 1.81. The number of hydrogen-bond acceptors (Lipinski definition) is 2. The average molecular weight is 362 g/mol. The van der Waals surface area contributed by atoms with Crippen molar-refractivity contribution in [3.05, 3.63) is 58.6 Å². The fraction of sp³-hybridized carbons (Fsp3) is 0.278. The maximum atomic E-state index is 12.2. The maximum absolute atomic E-state index is 12.2. The molecule has 0 unspecified atom stereocenters. The quantitative estimate of drug-likeness (QED) is 0.704. The molecule has 2 aromatic rings. The number of carbonyl (C=O) groups is 1. The molecule has 0 spiro atoms.